The van der Waals surface area contributed by atoms with Crippen molar-refractivity contribution in [2.75, 3.05) is 32.8 Å². The summed E-state index contributed by atoms with van der Waals surface area (Å²) in [5, 5.41) is 0. The van der Waals surface area contributed by atoms with Crippen LogP contribution in [0.15, 0.2) is 35.3 Å². The smallest absolute Gasteiger partial charge is 0.323 e. The Morgan fingerprint density at radius 3 is 2.48 bits per heavy atom. The Balaban J connectivity index is 1.26. The van der Waals surface area contributed by atoms with Crippen LogP contribution >= 0.6 is 0 Å². The van der Waals surface area contributed by atoms with Crippen molar-refractivity contribution in [1.29, 1.82) is 0 Å². The summed E-state index contributed by atoms with van der Waals surface area (Å²) in [7, 11) is 0. The zero-order valence-electron chi connectivity index (χ0n) is 16.1. The molecule has 2 saturated heterocycles. The molecule has 29 heavy (non-hydrogen) atoms. The first-order valence-corrected chi connectivity index (χ1v) is 10.1. The lowest BCUT2D eigenvalue weighted by molar-refractivity contribution is -0.152. The number of nitrogens with one attached hydrogen (secondary N) is 2. The lowest BCUT2D eigenvalue weighted by atomic mass is 9.98. The molecule has 0 bridgehead atoms. The van der Waals surface area contributed by atoms with Gasteiger partial charge in [-0.1, -0.05) is 24.3 Å². The van der Waals surface area contributed by atoms with Gasteiger partial charge in [0.2, 0.25) is 5.91 Å². The number of likely N-dealkylation sites (tertiary alicyclic amines) is 1. The van der Waals surface area contributed by atoms with Crippen molar-refractivity contribution in [2.24, 2.45) is 5.92 Å². The quantitative estimate of drug-likeness (QED) is 0.775. The summed E-state index contributed by atoms with van der Waals surface area (Å²) in [6.07, 6.45) is 3.67. The second-order valence-electron chi connectivity index (χ2n) is 8.30. The van der Waals surface area contributed by atoms with Gasteiger partial charge in [0.15, 0.2) is 0 Å². The van der Waals surface area contributed by atoms with E-state index in [1.54, 1.807) is 4.90 Å². The number of amides is 2. The SMILES string of the molecule is O=C(c1c[nH]c(=O)[nH]1)N1CCC2(C1)CN(C(=O)C1Cc3ccccc3C1)CCO2. The Bertz CT molecular complexity index is 987. The second-order valence-corrected chi connectivity index (χ2v) is 8.30. The maximum Gasteiger partial charge on any atom is 0.323 e. The average Bonchev–Trinajstić information content (AvgIpc) is 3.45. The number of hydrogen-bond donors (Lipinski definition) is 2. The summed E-state index contributed by atoms with van der Waals surface area (Å²) in [6.45, 7) is 2.55. The molecule has 1 spiro atoms. The fraction of sp³-hybridized carbons (Fsp3) is 0.476. The molecule has 3 heterocycles. The van der Waals surface area contributed by atoms with Gasteiger partial charge in [0.1, 0.15) is 11.3 Å². The van der Waals surface area contributed by atoms with Gasteiger partial charge in [-0.15, -0.1) is 0 Å². The number of hydrogen-bond acceptors (Lipinski definition) is 4. The Kier molecular flexibility index (Phi) is 4.31. The van der Waals surface area contributed by atoms with Gasteiger partial charge in [0, 0.05) is 25.2 Å². The second kappa shape index (κ2) is 6.88. The van der Waals surface area contributed by atoms with Crippen LogP contribution in [0.25, 0.3) is 0 Å². The molecular weight excluding hydrogens is 372 g/mol. The molecule has 8 nitrogen and oxygen atoms in total. The molecule has 1 aliphatic carbocycles. The molecule has 2 aliphatic heterocycles. The van der Waals surface area contributed by atoms with Crippen LogP contribution in [0.1, 0.15) is 28.0 Å². The zero-order chi connectivity index (χ0) is 20.0. The molecule has 1 aromatic heterocycles. The van der Waals surface area contributed by atoms with Crippen molar-refractivity contribution in [2.45, 2.75) is 24.9 Å². The van der Waals surface area contributed by atoms with Gasteiger partial charge in [0.05, 0.1) is 19.7 Å². The number of aromatic amines is 2. The van der Waals surface area contributed by atoms with E-state index in [0.717, 1.165) is 12.8 Å². The fourth-order valence-corrected chi connectivity index (χ4v) is 4.91. The van der Waals surface area contributed by atoms with Gasteiger partial charge in [-0.05, 0) is 30.4 Å². The van der Waals surface area contributed by atoms with E-state index in [2.05, 4.69) is 22.1 Å². The van der Waals surface area contributed by atoms with Crippen LogP contribution in [0, 0.1) is 5.92 Å². The number of imidazole rings is 1. The summed E-state index contributed by atoms with van der Waals surface area (Å²) in [6, 6.07) is 8.26. The summed E-state index contributed by atoms with van der Waals surface area (Å²) in [5.74, 6) is -0.0475. The van der Waals surface area contributed by atoms with Gasteiger partial charge in [-0.3, -0.25) is 9.59 Å². The van der Waals surface area contributed by atoms with Crippen LogP contribution in [0.5, 0.6) is 0 Å². The summed E-state index contributed by atoms with van der Waals surface area (Å²) in [5.41, 5.74) is 1.87. The van der Waals surface area contributed by atoms with Gasteiger partial charge in [-0.2, -0.15) is 0 Å². The van der Waals surface area contributed by atoms with Crippen LogP contribution in [-0.2, 0) is 22.4 Å². The molecule has 0 radical (unpaired) electrons. The number of fused-ring (bicyclic) bond motifs is 1. The molecule has 1 unspecified atom stereocenters. The maximum absolute atomic E-state index is 13.2. The number of aromatic nitrogens is 2. The normalized spacial score (nSPS) is 24.3. The van der Waals surface area contributed by atoms with Crippen molar-refractivity contribution in [3.63, 3.8) is 0 Å². The highest BCUT2D eigenvalue weighted by Crippen LogP contribution is 2.33. The van der Waals surface area contributed by atoms with E-state index in [1.807, 2.05) is 17.0 Å². The van der Waals surface area contributed by atoms with Crippen molar-refractivity contribution >= 4 is 11.8 Å². The largest absolute Gasteiger partial charge is 0.369 e. The third-order valence-corrected chi connectivity index (χ3v) is 6.39. The number of carbonyl (C=O) groups excluding carboxylic acids is 2. The van der Waals surface area contributed by atoms with E-state index in [1.165, 1.54) is 17.3 Å². The van der Waals surface area contributed by atoms with Gasteiger partial charge in [0.25, 0.3) is 5.91 Å². The molecule has 3 aliphatic rings. The Morgan fingerprint density at radius 1 is 1.07 bits per heavy atom. The van der Waals surface area contributed by atoms with Gasteiger partial charge in [-0.25, -0.2) is 4.79 Å². The predicted octanol–water partition coefficient (Wildman–Crippen LogP) is 0.562. The predicted molar refractivity (Wildman–Crippen MR) is 105 cm³/mol. The molecule has 8 heteroatoms. The average molecular weight is 396 g/mol. The monoisotopic (exact) mass is 396 g/mol. The van der Waals surface area contributed by atoms with Crippen molar-refractivity contribution in [3.05, 3.63) is 57.8 Å². The number of morpholine rings is 1. The molecule has 1 atom stereocenters. The zero-order valence-corrected chi connectivity index (χ0v) is 16.1. The Morgan fingerprint density at radius 2 is 1.79 bits per heavy atom. The van der Waals surface area contributed by atoms with E-state index in [0.29, 0.717) is 39.2 Å². The number of rotatable bonds is 2. The molecule has 2 N–H and O–H groups in total. The van der Waals surface area contributed by atoms with Crippen molar-refractivity contribution in [1.82, 2.24) is 19.8 Å². The molecule has 2 aromatic rings. The van der Waals surface area contributed by atoms with Crippen molar-refractivity contribution < 1.29 is 14.3 Å². The topological polar surface area (TPSA) is 98.5 Å². The number of ether oxygens (including phenoxy) is 1. The van der Waals surface area contributed by atoms with Crippen LogP contribution < -0.4 is 5.69 Å². The van der Waals surface area contributed by atoms with E-state index in [4.69, 9.17) is 4.74 Å². The van der Waals surface area contributed by atoms with Gasteiger partial charge < -0.3 is 24.5 Å². The lowest BCUT2D eigenvalue weighted by Crippen LogP contribution is -2.56. The number of H-pyrrole nitrogens is 2. The third-order valence-electron chi connectivity index (χ3n) is 6.39. The first kappa shape index (κ1) is 18.2. The summed E-state index contributed by atoms with van der Waals surface area (Å²) in [4.78, 5) is 45.7. The highest BCUT2D eigenvalue weighted by Gasteiger charge is 2.46. The minimum absolute atomic E-state index is 0.00776. The van der Waals surface area contributed by atoms with Crippen LogP contribution in [0.3, 0.4) is 0 Å². The molecule has 152 valence electrons. The van der Waals surface area contributed by atoms with Crippen LogP contribution in [0.4, 0.5) is 0 Å². The number of nitrogens with zero attached hydrogens (tertiary/aromatic N) is 2. The standard InChI is InChI=1S/C21H24N4O4/c26-18(16-9-14-3-1-2-4-15(14)10-16)25-7-8-29-21(13-25)5-6-24(12-21)19(27)17-11-22-20(28)23-17/h1-4,11,16H,5-10,12-13H2,(H2,22,23,28). The van der Waals surface area contributed by atoms with Gasteiger partial charge >= 0.3 is 5.69 Å². The Labute approximate surface area is 167 Å². The van der Waals surface area contributed by atoms with Crippen LogP contribution in [-0.4, -0.2) is 70.0 Å². The third kappa shape index (κ3) is 3.27. The van der Waals surface area contributed by atoms with E-state index >= 15 is 0 Å². The Hall–Kier alpha value is -2.87. The molecular formula is C21H24N4O4. The molecule has 2 amide bonds. The van der Waals surface area contributed by atoms with Crippen molar-refractivity contribution in [3.8, 4) is 0 Å². The van der Waals surface area contributed by atoms with E-state index < -0.39 is 11.3 Å². The minimum Gasteiger partial charge on any atom is -0.369 e. The highest BCUT2D eigenvalue weighted by molar-refractivity contribution is 5.92. The highest BCUT2D eigenvalue weighted by atomic mass is 16.5. The molecule has 0 saturated carbocycles. The molecule has 2 fully saturated rings. The summed E-state index contributed by atoms with van der Waals surface area (Å²) < 4.78 is 6.09. The first-order chi connectivity index (χ1) is 14.0. The number of carbonyl (C=O) groups is 2. The van der Waals surface area contributed by atoms with E-state index in [9.17, 15) is 14.4 Å². The minimum atomic E-state index is -0.522. The lowest BCUT2D eigenvalue weighted by Gasteiger charge is -2.41. The molecule has 1 aromatic carbocycles. The maximum atomic E-state index is 13.2. The molecule has 5 rings (SSSR count). The summed E-state index contributed by atoms with van der Waals surface area (Å²) >= 11 is 0. The first-order valence-electron chi connectivity index (χ1n) is 10.1. The van der Waals surface area contributed by atoms with Crippen LogP contribution in [0.2, 0.25) is 0 Å². The van der Waals surface area contributed by atoms with E-state index in [-0.39, 0.29) is 23.4 Å². The number of benzene rings is 1. The fourth-order valence-electron chi connectivity index (χ4n) is 4.91.